The van der Waals surface area contributed by atoms with E-state index in [4.69, 9.17) is 9.84 Å². The predicted octanol–water partition coefficient (Wildman–Crippen LogP) is 1.60. The molecule has 1 heterocycles. The van der Waals surface area contributed by atoms with Gasteiger partial charge in [0.1, 0.15) is 12.2 Å². The highest BCUT2D eigenvalue weighted by Gasteiger charge is 2.34. The molecular weight excluding hydrogens is 319 g/mol. The van der Waals surface area contributed by atoms with E-state index in [0.29, 0.717) is 0 Å². The van der Waals surface area contributed by atoms with Crippen LogP contribution in [0.3, 0.4) is 0 Å². The Morgan fingerprint density at radius 2 is 2.13 bits per heavy atom. The third kappa shape index (κ3) is 6.41. The first kappa shape index (κ1) is 18.5. The predicted molar refractivity (Wildman–Crippen MR) is 73.0 cm³/mol. The van der Waals surface area contributed by atoms with Gasteiger partial charge in [0.05, 0.1) is 13.0 Å². The molecule has 0 saturated carbocycles. The molecule has 2 N–H and O–H groups in total. The smallest absolute Gasteiger partial charge is 0.421 e. The summed E-state index contributed by atoms with van der Waals surface area (Å²) in [5.41, 5.74) is -0.995. The lowest BCUT2D eigenvalue weighted by Gasteiger charge is -2.17. The molecule has 0 saturated heterocycles. The summed E-state index contributed by atoms with van der Waals surface area (Å²) in [6.45, 7) is -0.247. The summed E-state index contributed by atoms with van der Waals surface area (Å²) in [7, 11) is 1.40. The number of halogens is 3. The number of hydrogen-bond acceptors (Lipinski definition) is 4. The number of amides is 2. The zero-order valence-corrected chi connectivity index (χ0v) is 12.3. The first-order valence-electron chi connectivity index (χ1n) is 6.57. The van der Waals surface area contributed by atoms with E-state index in [1.165, 1.54) is 13.2 Å². The largest absolute Gasteiger partial charge is 0.481 e. The minimum Gasteiger partial charge on any atom is -0.481 e. The second-order valence-corrected chi connectivity index (χ2v) is 4.50. The molecule has 7 nitrogen and oxygen atoms in total. The number of nitrogens with zero attached hydrogens (tertiary/aromatic N) is 2. The van der Waals surface area contributed by atoms with Crippen LogP contribution < -0.4 is 10.1 Å². The average Bonchev–Trinajstić information content (AvgIpc) is 2.48. The van der Waals surface area contributed by atoms with Gasteiger partial charge in [0.2, 0.25) is 5.88 Å². The standard InChI is InChI=1S/C13H16F3N3O4/c1-19(7-4-10(20)21)12(22)18-6-8-23-11-9(13(14,15)16)3-2-5-17-11/h2-3,5H,4,6-8H2,1H3,(H,18,22)(H,20,21). The van der Waals surface area contributed by atoms with Crippen LogP contribution >= 0.6 is 0 Å². The summed E-state index contributed by atoms with van der Waals surface area (Å²) < 4.78 is 43.0. The molecule has 1 aromatic heterocycles. The minimum absolute atomic E-state index is 0.0144. The first-order chi connectivity index (χ1) is 10.7. The molecule has 0 bridgehead atoms. The highest BCUT2D eigenvalue weighted by molar-refractivity contribution is 5.74. The van der Waals surface area contributed by atoms with E-state index in [2.05, 4.69) is 10.3 Å². The van der Waals surface area contributed by atoms with Crippen LogP contribution in [0.25, 0.3) is 0 Å². The van der Waals surface area contributed by atoms with Gasteiger partial charge in [-0.3, -0.25) is 4.79 Å². The molecule has 0 unspecified atom stereocenters. The average molecular weight is 335 g/mol. The van der Waals surface area contributed by atoms with Gasteiger partial charge in [0.25, 0.3) is 0 Å². The molecule has 2 amide bonds. The van der Waals surface area contributed by atoms with Crippen molar-refractivity contribution in [3.05, 3.63) is 23.9 Å². The van der Waals surface area contributed by atoms with Gasteiger partial charge in [-0.1, -0.05) is 0 Å². The number of aromatic nitrogens is 1. The number of carbonyl (C=O) groups excluding carboxylic acids is 1. The van der Waals surface area contributed by atoms with E-state index in [0.717, 1.165) is 17.0 Å². The minimum atomic E-state index is -4.58. The third-order valence-electron chi connectivity index (χ3n) is 2.70. The number of alkyl halides is 3. The highest BCUT2D eigenvalue weighted by Crippen LogP contribution is 2.34. The Balaban J connectivity index is 2.41. The number of aliphatic carboxylic acids is 1. The third-order valence-corrected chi connectivity index (χ3v) is 2.70. The zero-order chi connectivity index (χ0) is 17.5. The number of hydrogen-bond donors (Lipinski definition) is 2. The van der Waals surface area contributed by atoms with E-state index < -0.39 is 29.6 Å². The summed E-state index contributed by atoms with van der Waals surface area (Å²) in [6, 6.07) is 1.45. The molecule has 0 fully saturated rings. The molecule has 1 rings (SSSR count). The normalized spacial score (nSPS) is 11.0. The Morgan fingerprint density at radius 3 is 2.74 bits per heavy atom. The molecular formula is C13H16F3N3O4. The molecule has 0 spiro atoms. The number of nitrogens with one attached hydrogen (secondary N) is 1. The van der Waals surface area contributed by atoms with Crippen molar-refractivity contribution in [1.29, 1.82) is 0 Å². The van der Waals surface area contributed by atoms with E-state index in [1.807, 2.05) is 0 Å². The van der Waals surface area contributed by atoms with Crippen LogP contribution in [-0.2, 0) is 11.0 Å². The van der Waals surface area contributed by atoms with Crippen molar-refractivity contribution in [2.45, 2.75) is 12.6 Å². The van der Waals surface area contributed by atoms with Crippen LogP contribution in [0.2, 0.25) is 0 Å². The number of carbonyl (C=O) groups is 2. The molecule has 1 aromatic rings. The van der Waals surface area contributed by atoms with Crippen molar-refractivity contribution in [2.24, 2.45) is 0 Å². The molecule has 0 aliphatic heterocycles. The Kier molecular flexibility index (Phi) is 6.61. The molecule has 0 aliphatic carbocycles. The van der Waals surface area contributed by atoms with Gasteiger partial charge in [-0.05, 0) is 12.1 Å². The van der Waals surface area contributed by atoms with E-state index in [-0.39, 0.29) is 26.1 Å². The second-order valence-electron chi connectivity index (χ2n) is 4.50. The lowest BCUT2D eigenvalue weighted by molar-refractivity contribution is -0.139. The number of ether oxygens (including phenoxy) is 1. The molecule has 0 aliphatic rings. The number of rotatable bonds is 7. The van der Waals surface area contributed by atoms with Crippen LogP contribution in [0.5, 0.6) is 5.88 Å². The molecule has 0 aromatic carbocycles. The van der Waals surface area contributed by atoms with E-state index >= 15 is 0 Å². The second kappa shape index (κ2) is 8.20. The summed E-state index contributed by atoms with van der Waals surface area (Å²) in [4.78, 5) is 26.6. The fraction of sp³-hybridized carbons (Fsp3) is 0.462. The van der Waals surface area contributed by atoms with Gasteiger partial charge in [0, 0.05) is 19.8 Å². The molecule has 0 radical (unpaired) electrons. The molecule has 0 atom stereocenters. The van der Waals surface area contributed by atoms with Crippen molar-refractivity contribution in [2.75, 3.05) is 26.7 Å². The summed E-state index contributed by atoms with van der Waals surface area (Å²) in [5.74, 6) is -1.60. The highest BCUT2D eigenvalue weighted by atomic mass is 19.4. The Morgan fingerprint density at radius 1 is 1.43 bits per heavy atom. The summed E-state index contributed by atoms with van der Waals surface area (Å²) >= 11 is 0. The van der Waals surface area contributed by atoms with Gasteiger partial charge in [-0.25, -0.2) is 9.78 Å². The first-order valence-corrected chi connectivity index (χ1v) is 6.57. The Hall–Kier alpha value is -2.52. The van der Waals surface area contributed by atoms with Gasteiger partial charge in [-0.2, -0.15) is 13.2 Å². The SMILES string of the molecule is CN(CCC(=O)O)C(=O)NCCOc1ncccc1C(F)(F)F. The van der Waals surface area contributed by atoms with Gasteiger partial charge in [-0.15, -0.1) is 0 Å². The Bertz CT molecular complexity index is 552. The fourth-order valence-electron chi connectivity index (χ4n) is 1.53. The number of pyridine rings is 1. The topological polar surface area (TPSA) is 91.8 Å². The van der Waals surface area contributed by atoms with Crippen LogP contribution in [-0.4, -0.2) is 53.7 Å². The summed E-state index contributed by atoms with van der Waals surface area (Å²) in [5, 5.41) is 10.9. The van der Waals surface area contributed by atoms with Crippen molar-refractivity contribution in [1.82, 2.24) is 15.2 Å². The van der Waals surface area contributed by atoms with Gasteiger partial charge >= 0.3 is 18.2 Å². The molecule has 128 valence electrons. The van der Waals surface area contributed by atoms with Crippen LogP contribution in [0, 0.1) is 0 Å². The van der Waals surface area contributed by atoms with Crippen LogP contribution in [0.4, 0.5) is 18.0 Å². The number of carboxylic acid groups (broad SMARTS) is 1. The zero-order valence-electron chi connectivity index (χ0n) is 12.3. The van der Waals surface area contributed by atoms with Crippen molar-refractivity contribution >= 4 is 12.0 Å². The molecule has 10 heteroatoms. The van der Waals surface area contributed by atoms with E-state index in [1.54, 1.807) is 0 Å². The van der Waals surface area contributed by atoms with Gasteiger partial charge in [0.15, 0.2) is 0 Å². The summed E-state index contributed by atoms with van der Waals surface area (Å²) in [6.07, 6.45) is -3.62. The fourth-order valence-corrected chi connectivity index (χ4v) is 1.53. The maximum atomic E-state index is 12.7. The van der Waals surface area contributed by atoms with E-state index in [9.17, 15) is 22.8 Å². The van der Waals surface area contributed by atoms with Crippen LogP contribution in [0.15, 0.2) is 18.3 Å². The Labute approximate surface area is 130 Å². The van der Waals surface area contributed by atoms with Crippen molar-refractivity contribution in [3.8, 4) is 5.88 Å². The van der Waals surface area contributed by atoms with Crippen LogP contribution in [0.1, 0.15) is 12.0 Å². The van der Waals surface area contributed by atoms with Crippen molar-refractivity contribution in [3.63, 3.8) is 0 Å². The van der Waals surface area contributed by atoms with Gasteiger partial charge < -0.3 is 20.1 Å². The quantitative estimate of drug-likeness (QED) is 0.739. The number of urea groups is 1. The lowest BCUT2D eigenvalue weighted by Crippen LogP contribution is -2.40. The van der Waals surface area contributed by atoms with Crippen molar-refractivity contribution < 1.29 is 32.6 Å². The lowest BCUT2D eigenvalue weighted by atomic mass is 10.2. The maximum Gasteiger partial charge on any atom is 0.421 e. The monoisotopic (exact) mass is 335 g/mol. The number of carboxylic acids is 1. The molecule has 23 heavy (non-hydrogen) atoms. The maximum absolute atomic E-state index is 12.7.